The van der Waals surface area contributed by atoms with Crippen LogP contribution in [0.25, 0.3) is 16.6 Å². The average molecular weight is 351 g/mol. The van der Waals surface area contributed by atoms with Crippen molar-refractivity contribution in [3.05, 3.63) is 77.7 Å². The van der Waals surface area contributed by atoms with Crippen molar-refractivity contribution in [2.75, 3.05) is 5.32 Å². The number of anilines is 1. The number of halogens is 1. The van der Waals surface area contributed by atoms with Crippen molar-refractivity contribution in [2.45, 2.75) is 0 Å². The summed E-state index contributed by atoms with van der Waals surface area (Å²) < 4.78 is 3.60. The van der Waals surface area contributed by atoms with Crippen LogP contribution in [0, 0.1) is 0 Å². The molecule has 5 nitrogen and oxygen atoms in total. The highest BCUT2D eigenvalue weighted by molar-refractivity contribution is 6.35. The fourth-order valence-electron chi connectivity index (χ4n) is 2.86. The van der Waals surface area contributed by atoms with Crippen molar-refractivity contribution >= 4 is 34.1 Å². The zero-order valence-electron chi connectivity index (χ0n) is 13.5. The molecule has 1 amide bonds. The quantitative estimate of drug-likeness (QED) is 0.600. The number of hydrogen-bond donors (Lipinski definition) is 1. The predicted molar refractivity (Wildman–Crippen MR) is 99.4 cm³/mol. The molecule has 2 aromatic heterocycles. The van der Waals surface area contributed by atoms with Crippen LogP contribution in [-0.2, 0) is 7.05 Å². The molecule has 0 aliphatic rings. The molecule has 2 heterocycles. The lowest BCUT2D eigenvalue weighted by molar-refractivity contribution is 0.102. The minimum atomic E-state index is -0.179. The Kier molecular flexibility index (Phi) is 3.78. The molecule has 0 fully saturated rings. The summed E-state index contributed by atoms with van der Waals surface area (Å²) in [5.74, 6) is -0.179. The fourth-order valence-corrected chi connectivity index (χ4v) is 3.08. The van der Waals surface area contributed by atoms with E-state index in [1.165, 1.54) is 0 Å². The van der Waals surface area contributed by atoms with Crippen LogP contribution in [0.15, 0.2) is 67.0 Å². The van der Waals surface area contributed by atoms with E-state index in [2.05, 4.69) is 10.4 Å². The lowest BCUT2D eigenvalue weighted by atomic mass is 10.2. The second-order valence-corrected chi connectivity index (χ2v) is 6.12. The second-order valence-electron chi connectivity index (χ2n) is 5.71. The van der Waals surface area contributed by atoms with E-state index < -0.39 is 0 Å². The number of carbonyl (C=O) groups excluding carboxylic acids is 1. The van der Waals surface area contributed by atoms with Crippen molar-refractivity contribution < 1.29 is 4.79 Å². The molecule has 0 radical (unpaired) electrons. The first-order valence-electron chi connectivity index (χ1n) is 7.79. The number of aryl methyl sites for hydroxylation is 1. The highest BCUT2D eigenvalue weighted by Crippen LogP contribution is 2.26. The Morgan fingerprint density at radius 2 is 1.92 bits per heavy atom. The third-order valence-electron chi connectivity index (χ3n) is 4.16. The minimum absolute atomic E-state index is 0.179. The fraction of sp³-hybridized carbons (Fsp3) is 0.0526. The molecule has 25 heavy (non-hydrogen) atoms. The molecular formula is C19H15ClN4O. The molecular weight excluding hydrogens is 336 g/mol. The van der Waals surface area contributed by atoms with Gasteiger partial charge in [0, 0.05) is 41.1 Å². The molecule has 0 saturated carbocycles. The highest BCUT2D eigenvalue weighted by Gasteiger charge is 2.15. The second kappa shape index (κ2) is 6.11. The van der Waals surface area contributed by atoms with Gasteiger partial charge in [-0.2, -0.15) is 5.10 Å². The SMILES string of the molecule is Cn1c(C(=O)Nc2ccc(-n3cccn3)cc2)cc2c(Cl)cccc21. The van der Waals surface area contributed by atoms with Gasteiger partial charge in [0.25, 0.3) is 5.91 Å². The Balaban J connectivity index is 1.60. The maximum absolute atomic E-state index is 12.6. The number of hydrogen-bond acceptors (Lipinski definition) is 2. The van der Waals surface area contributed by atoms with E-state index in [4.69, 9.17) is 11.6 Å². The van der Waals surface area contributed by atoms with Crippen LogP contribution in [-0.4, -0.2) is 20.3 Å². The molecule has 4 aromatic rings. The molecule has 1 N–H and O–H groups in total. The van der Waals surface area contributed by atoms with E-state index in [1.54, 1.807) is 10.9 Å². The van der Waals surface area contributed by atoms with Crippen LogP contribution in [0.5, 0.6) is 0 Å². The topological polar surface area (TPSA) is 51.9 Å². The van der Waals surface area contributed by atoms with E-state index >= 15 is 0 Å². The van der Waals surface area contributed by atoms with Crippen LogP contribution in [0.1, 0.15) is 10.5 Å². The highest BCUT2D eigenvalue weighted by atomic mass is 35.5. The van der Waals surface area contributed by atoms with E-state index in [-0.39, 0.29) is 5.91 Å². The Morgan fingerprint density at radius 1 is 1.12 bits per heavy atom. The molecule has 0 spiro atoms. The van der Waals surface area contributed by atoms with Crippen LogP contribution in [0.3, 0.4) is 0 Å². The van der Waals surface area contributed by atoms with Crippen molar-refractivity contribution in [3.63, 3.8) is 0 Å². The van der Waals surface area contributed by atoms with Gasteiger partial charge < -0.3 is 9.88 Å². The summed E-state index contributed by atoms with van der Waals surface area (Å²) in [6.45, 7) is 0. The van der Waals surface area contributed by atoms with Gasteiger partial charge in [0.15, 0.2) is 0 Å². The predicted octanol–water partition coefficient (Wildman–Crippen LogP) is 4.27. The van der Waals surface area contributed by atoms with Gasteiger partial charge in [-0.05, 0) is 48.5 Å². The number of benzene rings is 2. The monoisotopic (exact) mass is 350 g/mol. The molecule has 2 aromatic carbocycles. The normalized spacial score (nSPS) is 11.0. The molecule has 0 aliphatic carbocycles. The summed E-state index contributed by atoms with van der Waals surface area (Å²) in [6, 6.07) is 16.8. The van der Waals surface area contributed by atoms with Crippen molar-refractivity contribution in [1.82, 2.24) is 14.3 Å². The minimum Gasteiger partial charge on any atom is -0.340 e. The van der Waals surface area contributed by atoms with E-state index in [9.17, 15) is 4.79 Å². The molecule has 0 saturated heterocycles. The summed E-state index contributed by atoms with van der Waals surface area (Å²) in [5, 5.41) is 8.60. The third-order valence-corrected chi connectivity index (χ3v) is 4.49. The number of nitrogens with zero attached hydrogens (tertiary/aromatic N) is 3. The van der Waals surface area contributed by atoms with Crippen molar-refractivity contribution in [2.24, 2.45) is 7.05 Å². The van der Waals surface area contributed by atoms with Gasteiger partial charge in [-0.1, -0.05) is 17.7 Å². The maximum atomic E-state index is 12.6. The summed E-state index contributed by atoms with van der Waals surface area (Å²) in [4.78, 5) is 12.6. The largest absolute Gasteiger partial charge is 0.340 e. The number of fused-ring (bicyclic) bond motifs is 1. The number of amides is 1. The molecule has 0 aliphatic heterocycles. The number of carbonyl (C=O) groups is 1. The molecule has 124 valence electrons. The molecule has 6 heteroatoms. The summed E-state index contributed by atoms with van der Waals surface area (Å²) in [5.41, 5.74) is 3.13. The summed E-state index contributed by atoms with van der Waals surface area (Å²) >= 11 is 6.22. The van der Waals surface area contributed by atoms with E-state index in [1.807, 2.05) is 72.4 Å². The third kappa shape index (κ3) is 2.79. The Morgan fingerprint density at radius 3 is 2.60 bits per heavy atom. The van der Waals surface area contributed by atoms with Gasteiger partial charge in [0.1, 0.15) is 5.69 Å². The zero-order chi connectivity index (χ0) is 17.4. The first-order chi connectivity index (χ1) is 12.1. The molecule has 4 rings (SSSR count). The Labute approximate surface area is 149 Å². The molecule has 0 atom stereocenters. The van der Waals surface area contributed by atoms with Gasteiger partial charge in [0.05, 0.1) is 5.69 Å². The van der Waals surface area contributed by atoms with Gasteiger partial charge in [0.2, 0.25) is 0 Å². The lowest BCUT2D eigenvalue weighted by Gasteiger charge is -2.08. The Hall–Kier alpha value is -3.05. The molecule has 0 bridgehead atoms. The Bertz CT molecular complexity index is 1050. The smallest absolute Gasteiger partial charge is 0.272 e. The zero-order valence-corrected chi connectivity index (χ0v) is 14.2. The van der Waals surface area contributed by atoms with Gasteiger partial charge in [-0.15, -0.1) is 0 Å². The van der Waals surface area contributed by atoms with Gasteiger partial charge >= 0.3 is 0 Å². The van der Waals surface area contributed by atoms with Crippen LogP contribution in [0.2, 0.25) is 5.02 Å². The summed E-state index contributed by atoms with van der Waals surface area (Å²) in [6.07, 6.45) is 3.59. The first-order valence-corrected chi connectivity index (χ1v) is 8.16. The van der Waals surface area contributed by atoms with Gasteiger partial charge in [-0.3, -0.25) is 4.79 Å². The van der Waals surface area contributed by atoms with Crippen molar-refractivity contribution in [1.29, 1.82) is 0 Å². The van der Waals surface area contributed by atoms with Crippen LogP contribution >= 0.6 is 11.6 Å². The van der Waals surface area contributed by atoms with E-state index in [0.29, 0.717) is 10.7 Å². The average Bonchev–Trinajstić information content (AvgIpc) is 3.25. The lowest BCUT2D eigenvalue weighted by Crippen LogP contribution is -2.15. The van der Waals surface area contributed by atoms with Crippen LogP contribution < -0.4 is 5.32 Å². The standard InChI is InChI=1S/C19H15ClN4O/c1-23-17-5-2-4-16(20)15(17)12-18(23)19(25)22-13-6-8-14(9-7-13)24-11-3-10-21-24/h2-12H,1H3,(H,22,25). The van der Waals surface area contributed by atoms with Crippen molar-refractivity contribution in [3.8, 4) is 5.69 Å². The van der Waals surface area contributed by atoms with Gasteiger partial charge in [-0.25, -0.2) is 4.68 Å². The molecule has 0 unspecified atom stereocenters. The first kappa shape index (κ1) is 15.5. The maximum Gasteiger partial charge on any atom is 0.272 e. The number of rotatable bonds is 3. The van der Waals surface area contributed by atoms with E-state index in [0.717, 1.165) is 22.3 Å². The number of nitrogens with one attached hydrogen (secondary N) is 1. The summed E-state index contributed by atoms with van der Waals surface area (Å²) in [7, 11) is 1.86. The number of aromatic nitrogens is 3. The van der Waals surface area contributed by atoms with Crippen LogP contribution in [0.4, 0.5) is 5.69 Å².